The molecule has 128 valence electrons. The van der Waals surface area contributed by atoms with E-state index in [4.69, 9.17) is 0 Å². The molecular weight excluding hydrogens is 314 g/mol. The van der Waals surface area contributed by atoms with Crippen molar-refractivity contribution in [3.8, 4) is 5.69 Å². The lowest BCUT2D eigenvalue weighted by atomic mass is 10.2. The van der Waals surface area contributed by atoms with Gasteiger partial charge in [0.25, 0.3) is 5.95 Å². The summed E-state index contributed by atoms with van der Waals surface area (Å²) in [5, 5.41) is 15.9. The molecule has 2 aromatic carbocycles. The summed E-state index contributed by atoms with van der Waals surface area (Å²) in [6.45, 7) is 6.29. The third-order valence-electron chi connectivity index (χ3n) is 3.87. The first-order valence-corrected chi connectivity index (χ1v) is 8.29. The average molecular weight is 335 g/mol. The predicted molar refractivity (Wildman–Crippen MR) is 100 cm³/mol. The number of benzene rings is 2. The Morgan fingerprint density at radius 2 is 1.76 bits per heavy atom. The van der Waals surface area contributed by atoms with Crippen molar-refractivity contribution in [1.29, 1.82) is 0 Å². The van der Waals surface area contributed by atoms with Crippen LogP contribution in [-0.4, -0.2) is 39.5 Å². The number of rotatable bonds is 7. The van der Waals surface area contributed by atoms with Crippen molar-refractivity contribution in [2.24, 2.45) is 5.10 Å². The van der Waals surface area contributed by atoms with Crippen molar-refractivity contribution in [3.63, 3.8) is 0 Å². The molecule has 7 heteroatoms. The molecule has 0 saturated carbocycles. The van der Waals surface area contributed by atoms with Gasteiger partial charge in [-0.2, -0.15) is 9.78 Å². The molecule has 0 aliphatic heterocycles. The molecule has 3 rings (SSSR count). The molecule has 0 aliphatic carbocycles. The zero-order valence-electron chi connectivity index (χ0n) is 14.4. The van der Waals surface area contributed by atoms with Crippen molar-refractivity contribution >= 4 is 17.9 Å². The van der Waals surface area contributed by atoms with E-state index in [-0.39, 0.29) is 0 Å². The molecule has 7 nitrogen and oxygen atoms in total. The van der Waals surface area contributed by atoms with Gasteiger partial charge in [-0.1, -0.05) is 35.4 Å². The monoisotopic (exact) mass is 335 g/mol. The van der Waals surface area contributed by atoms with Gasteiger partial charge in [0.1, 0.15) is 0 Å². The molecule has 0 aliphatic rings. The Kier molecular flexibility index (Phi) is 5.36. The summed E-state index contributed by atoms with van der Waals surface area (Å²) in [5.41, 5.74) is 5.97. The SMILES string of the molecule is CCN(CC)c1ccc(C=NNc2nnnn2-c2ccccc2)cc1. The van der Waals surface area contributed by atoms with Gasteiger partial charge in [-0.05, 0) is 54.1 Å². The molecular formula is C18H21N7. The van der Waals surface area contributed by atoms with Crippen LogP contribution in [0.25, 0.3) is 5.69 Å². The van der Waals surface area contributed by atoms with Crippen LogP contribution in [0.15, 0.2) is 59.7 Å². The van der Waals surface area contributed by atoms with Crippen molar-refractivity contribution < 1.29 is 0 Å². The molecule has 0 atom stereocenters. The van der Waals surface area contributed by atoms with Crippen LogP contribution in [0, 0.1) is 0 Å². The lowest BCUT2D eigenvalue weighted by molar-refractivity contribution is 0.790. The Hall–Kier alpha value is -3.22. The minimum atomic E-state index is 0.460. The number of anilines is 2. The highest BCUT2D eigenvalue weighted by Gasteiger charge is 2.06. The molecule has 1 heterocycles. The molecule has 0 radical (unpaired) electrons. The fraction of sp³-hybridized carbons (Fsp3) is 0.222. The van der Waals surface area contributed by atoms with Crippen LogP contribution < -0.4 is 10.3 Å². The standard InChI is InChI=1S/C18H21N7/c1-3-24(4-2)16-12-10-15(11-13-16)14-19-20-18-21-22-23-25(18)17-8-6-5-7-9-17/h5-14H,3-4H2,1-2H3,(H,20,21,23). The van der Waals surface area contributed by atoms with Gasteiger partial charge in [0, 0.05) is 18.8 Å². The van der Waals surface area contributed by atoms with Crippen LogP contribution in [0.5, 0.6) is 0 Å². The maximum atomic E-state index is 4.23. The molecule has 0 unspecified atom stereocenters. The van der Waals surface area contributed by atoms with Crippen LogP contribution in [0.4, 0.5) is 11.6 Å². The van der Waals surface area contributed by atoms with Gasteiger partial charge in [-0.15, -0.1) is 0 Å². The van der Waals surface area contributed by atoms with Crippen LogP contribution in [-0.2, 0) is 0 Å². The first-order valence-electron chi connectivity index (χ1n) is 8.29. The second kappa shape index (κ2) is 8.05. The van der Waals surface area contributed by atoms with E-state index in [1.807, 2.05) is 42.5 Å². The summed E-state index contributed by atoms with van der Waals surface area (Å²) in [4.78, 5) is 2.30. The van der Waals surface area contributed by atoms with E-state index in [1.165, 1.54) is 5.69 Å². The third-order valence-corrected chi connectivity index (χ3v) is 3.87. The highest BCUT2D eigenvalue weighted by Crippen LogP contribution is 2.14. The number of hydrogen-bond donors (Lipinski definition) is 1. The van der Waals surface area contributed by atoms with Crippen molar-refractivity contribution in [2.45, 2.75) is 13.8 Å². The number of nitrogens with zero attached hydrogens (tertiary/aromatic N) is 6. The first-order chi connectivity index (χ1) is 12.3. The molecule has 0 bridgehead atoms. The Bertz CT molecular complexity index is 805. The molecule has 25 heavy (non-hydrogen) atoms. The number of hydrogen-bond acceptors (Lipinski definition) is 6. The summed E-state index contributed by atoms with van der Waals surface area (Å²) < 4.78 is 1.60. The normalized spacial score (nSPS) is 11.0. The summed E-state index contributed by atoms with van der Waals surface area (Å²) in [6, 6.07) is 17.9. The van der Waals surface area contributed by atoms with Gasteiger partial charge >= 0.3 is 0 Å². The number of aromatic nitrogens is 4. The summed E-state index contributed by atoms with van der Waals surface area (Å²) in [7, 11) is 0. The molecule has 1 aromatic heterocycles. The molecule has 0 amide bonds. The number of hydrazone groups is 1. The third kappa shape index (κ3) is 4.00. The number of para-hydroxylation sites is 1. The van der Waals surface area contributed by atoms with Gasteiger partial charge in [-0.25, -0.2) is 5.43 Å². The van der Waals surface area contributed by atoms with Gasteiger partial charge in [0.15, 0.2) is 0 Å². The second-order valence-corrected chi connectivity index (χ2v) is 5.38. The molecule has 1 N–H and O–H groups in total. The molecule has 3 aromatic rings. The second-order valence-electron chi connectivity index (χ2n) is 5.38. The lowest BCUT2D eigenvalue weighted by Gasteiger charge is -2.20. The summed E-state index contributed by atoms with van der Waals surface area (Å²) in [6.07, 6.45) is 1.75. The largest absolute Gasteiger partial charge is 0.372 e. The van der Waals surface area contributed by atoms with E-state index in [1.54, 1.807) is 10.9 Å². The van der Waals surface area contributed by atoms with E-state index in [0.717, 1.165) is 24.3 Å². The van der Waals surface area contributed by atoms with Crippen LogP contribution in [0.2, 0.25) is 0 Å². The molecule has 0 spiro atoms. The van der Waals surface area contributed by atoms with Gasteiger partial charge < -0.3 is 4.90 Å². The Labute approximate surface area is 147 Å². The van der Waals surface area contributed by atoms with Crippen LogP contribution in [0.1, 0.15) is 19.4 Å². The minimum Gasteiger partial charge on any atom is -0.372 e. The minimum absolute atomic E-state index is 0.460. The summed E-state index contributed by atoms with van der Waals surface area (Å²) in [5.74, 6) is 0.460. The quantitative estimate of drug-likeness (QED) is 0.531. The number of tetrazole rings is 1. The maximum Gasteiger partial charge on any atom is 0.268 e. The highest BCUT2D eigenvalue weighted by molar-refractivity contribution is 5.80. The fourth-order valence-corrected chi connectivity index (χ4v) is 2.52. The predicted octanol–water partition coefficient (Wildman–Crippen LogP) is 2.95. The van der Waals surface area contributed by atoms with Crippen LogP contribution in [0.3, 0.4) is 0 Å². The Morgan fingerprint density at radius 1 is 1.04 bits per heavy atom. The van der Waals surface area contributed by atoms with Crippen molar-refractivity contribution in [1.82, 2.24) is 20.2 Å². The van der Waals surface area contributed by atoms with Crippen molar-refractivity contribution in [2.75, 3.05) is 23.4 Å². The van der Waals surface area contributed by atoms with E-state index in [9.17, 15) is 0 Å². The molecule has 0 fully saturated rings. The Balaban J connectivity index is 1.67. The highest BCUT2D eigenvalue weighted by atomic mass is 15.6. The van der Waals surface area contributed by atoms with Crippen molar-refractivity contribution in [3.05, 3.63) is 60.2 Å². The van der Waals surface area contributed by atoms with E-state index < -0.39 is 0 Å². The lowest BCUT2D eigenvalue weighted by Crippen LogP contribution is -2.21. The maximum absolute atomic E-state index is 4.23. The smallest absolute Gasteiger partial charge is 0.268 e. The topological polar surface area (TPSA) is 71.2 Å². The number of nitrogens with one attached hydrogen (secondary N) is 1. The van der Waals surface area contributed by atoms with Crippen LogP contribution >= 0.6 is 0 Å². The fourth-order valence-electron chi connectivity index (χ4n) is 2.52. The molecule has 0 saturated heterocycles. The van der Waals surface area contributed by atoms with Gasteiger partial charge in [-0.3, -0.25) is 0 Å². The Morgan fingerprint density at radius 3 is 2.44 bits per heavy atom. The zero-order valence-corrected chi connectivity index (χ0v) is 14.4. The van der Waals surface area contributed by atoms with E-state index >= 15 is 0 Å². The van der Waals surface area contributed by atoms with Gasteiger partial charge in [0.05, 0.1) is 11.9 Å². The van der Waals surface area contributed by atoms with E-state index in [2.05, 4.69) is 56.9 Å². The first kappa shape index (κ1) is 16.6. The van der Waals surface area contributed by atoms with E-state index in [0.29, 0.717) is 5.95 Å². The summed E-state index contributed by atoms with van der Waals surface area (Å²) >= 11 is 0. The zero-order chi connectivity index (χ0) is 17.5. The average Bonchev–Trinajstić information content (AvgIpc) is 3.13. The van der Waals surface area contributed by atoms with Gasteiger partial charge in [0.2, 0.25) is 0 Å².